The lowest BCUT2D eigenvalue weighted by Crippen LogP contribution is -2.47. The van der Waals surface area contributed by atoms with Crippen molar-refractivity contribution in [1.82, 2.24) is 10.6 Å². The van der Waals surface area contributed by atoms with Crippen LogP contribution < -0.4 is 10.6 Å². The minimum atomic E-state index is -1.58. The molecular weight excluding hydrogens is 297 g/mol. The van der Waals surface area contributed by atoms with Gasteiger partial charge in [-0.1, -0.05) is 6.42 Å². The molecule has 1 aliphatic rings. The van der Waals surface area contributed by atoms with Crippen LogP contribution in [0.5, 0.6) is 0 Å². The monoisotopic (exact) mass is 316 g/mol. The third kappa shape index (κ3) is 3.71. The fraction of sp³-hybridized carbons (Fsp3) is 0.533. The molecule has 0 aromatic heterocycles. The van der Waals surface area contributed by atoms with Gasteiger partial charge in [-0.2, -0.15) is 0 Å². The van der Waals surface area contributed by atoms with Crippen LogP contribution in [-0.4, -0.2) is 23.8 Å². The zero-order valence-corrected chi connectivity index (χ0v) is 12.2. The van der Waals surface area contributed by atoms with Gasteiger partial charge < -0.3 is 15.7 Å². The van der Waals surface area contributed by atoms with Gasteiger partial charge in [-0.15, -0.1) is 0 Å². The maximum Gasteiger partial charge on any atom is 0.315 e. The summed E-state index contributed by atoms with van der Waals surface area (Å²) in [5, 5.41) is 14.5. The first-order valence-corrected chi connectivity index (χ1v) is 7.24. The number of hydrogen-bond donors (Lipinski definition) is 3. The van der Waals surface area contributed by atoms with Crippen molar-refractivity contribution < 1.29 is 23.1 Å². The van der Waals surface area contributed by atoms with Gasteiger partial charge in [0.2, 0.25) is 0 Å². The Morgan fingerprint density at radius 2 is 1.86 bits per heavy atom. The van der Waals surface area contributed by atoms with Crippen LogP contribution in [0.15, 0.2) is 12.1 Å². The first kappa shape index (κ1) is 16.6. The minimum absolute atomic E-state index is 0.0187. The lowest BCUT2D eigenvalue weighted by Gasteiger charge is -2.32. The molecular formula is C15H19F3N2O2. The van der Waals surface area contributed by atoms with E-state index in [2.05, 4.69) is 10.6 Å². The first-order valence-electron chi connectivity index (χ1n) is 7.24. The molecule has 2 atom stereocenters. The maximum atomic E-state index is 13.2. The molecule has 1 aromatic carbocycles. The van der Waals surface area contributed by atoms with E-state index in [0.29, 0.717) is 5.92 Å². The predicted molar refractivity (Wildman–Crippen MR) is 74.6 cm³/mol. The number of carbonyl (C=O) groups excluding carboxylic acids is 1. The molecule has 7 heteroatoms. The zero-order chi connectivity index (χ0) is 16.3. The van der Waals surface area contributed by atoms with Crippen molar-refractivity contribution in [2.24, 2.45) is 5.92 Å². The third-order valence-electron chi connectivity index (χ3n) is 4.11. The van der Waals surface area contributed by atoms with Gasteiger partial charge >= 0.3 is 6.03 Å². The first-order chi connectivity index (χ1) is 10.4. The average molecular weight is 316 g/mol. The normalized spacial score (nSPS) is 17.5. The second-order valence-corrected chi connectivity index (χ2v) is 5.63. The van der Waals surface area contributed by atoms with E-state index >= 15 is 0 Å². The summed E-state index contributed by atoms with van der Waals surface area (Å²) >= 11 is 0. The zero-order valence-electron chi connectivity index (χ0n) is 12.2. The molecule has 2 amide bonds. The molecule has 1 fully saturated rings. The summed E-state index contributed by atoms with van der Waals surface area (Å²) in [5.41, 5.74) is -0.0367. The molecule has 0 spiro atoms. The Labute approximate surface area is 126 Å². The molecule has 1 aliphatic carbocycles. The molecule has 1 saturated carbocycles. The van der Waals surface area contributed by atoms with Gasteiger partial charge in [0.25, 0.3) is 0 Å². The summed E-state index contributed by atoms with van der Waals surface area (Å²) in [5.74, 6) is -3.88. The number of aliphatic hydroxyl groups is 1. The third-order valence-corrected chi connectivity index (χ3v) is 4.11. The maximum absolute atomic E-state index is 13.2. The highest BCUT2D eigenvalue weighted by Gasteiger charge is 2.26. The summed E-state index contributed by atoms with van der Waals surface area (Å²) in [6.07, 6.45) is 3.25. The molecule has 0 bridgehead atoms. The van der Waals surface area contributed by atoms with Gasteiger partial charge in [0.1, 0.15) is 0 Å². The van der Waals surface area contributed by atoms with Crippen LogP contribution in [0, 0.1) is 23.4 Å². The largest absolute Gasteiger partial charge is 0.394 e. The summed E-state index contributed by atoms with van der Waals surface area (Å²) in [4.78, 5) is 11.9. The predicted octanol–water partition coefficient (Wildman–Crippen LogP) is 2.63. The number of urea groups is 1. The van der Waals surface area contributed by atoms with E-state index in [1.165, 1.54) is 0 Å². The molecule has 0 radical (unpaired) electrons. The summed E-state index contributed by atoms with van der Waals surface area (Å²) in [6.45, 7) is 1.32. The Hall–Kier alpha value is -1.76. The van der Waals surface area contributed by atoms with Gasteiger partial charge in [0.15, 0.2) is 17.5 Å². The van der Waals surface area contributed by atoms with E-state index in [9.17, 15) is 23.1 Å². The van der Waals surface area contributed by atoms with Gasteiger partial charge in [-0.25, -0.2) is 18.0 Å². The number of benzene rings is 1. The average Bonchev–Trinajstić information content (AvgIpc) is 2.39. The van der Waals surface area contributed by atoms with Crippen molar-refractivity contribution in [3.8, 4) is 0 Å². The van der Waals surface area contributed by atoms with E-state index in [1.54, 1.807) is 0 Å². The van der Waals surface area contributed by atoms with Crippen molar-refractivity contribution in [2.75, 3.05) is 6.61 Å². The van der Waals surface area contributed by atoms with Crippen molar-refractivity contribution in [1.29, 1.82) is 0 Å². The van der Waals surface area contributed by atoms with Gasteiger partial charge in [0.05, 0.1) is 12.6 Å². The molecule has 122 valence electrons. The van der Waals surface area contributed by atoms with Crippen LogP contribution in [0.4, 0.5) is 18.0 Å². The van der Waals surface area contributed by atoms with Crippen LogP contribution in [0.1, 0.15) is 37.8 Å². The molecule has 22 heavy (non-hydrogen) atoms. The quantitative estimate of drug-likeness (QED) is 0.731. The lowest BCUT2D eigenvalue weighted by molar-refractivity contribution is 0.199. The molecule has 0 aliphatic heterocycles. The highest BCUT2D eigenvalue weighted by atomic mass is 19.2. The van der Waals surface area contributed by atoms with Gasteiger partial charge in [0, 0.05) is 6.04 Å². The van der Waals surface area contributed by atoms with Crippen LogP contribution >= 0.6 is 0 Å². The SMILES string of the molecule is CC(NC(=O)NC(CO)c1cc(F)c(F)c(F)c1)C1CCC1. The van der Waals surface area contributed by atoms with Crippen LogP contribution in [0.25, 0.3) is 0 Å². The Morgan fingerprint density at radius 1 is 1.27 bits per heavy atom. The highest BCUT2D eigenvalue weighted by molar-refractivity contribution is 5.74. The molecule has 0 saturated heterocycles. The molecule has 2 rings (SSSR count). The van der Waals surface area contributed by atoms with Crippen LogP contribution in [-0.2, 0) is 0 Å². The fourth-order valence-electron chi connectivity index (χ4n) is 2.48. The van der Waals surface area contributed by atoms with Crippen molar-refractivity contribution >= 4 is 6.03 Å². The number of aliphatic hydroxyl groups excluding tert-OH is 1. The van der Waals surface area contributed by atoms with Crippen LogP contribution in [0.2, 0.25) is 0 Å². The fourth-order valence-corrected chi connectivity index (χ4v) is 2.48. The standard InChI is InChI=1S/C15H19F3N2O2/c1-8(9-3-2-4-9)19-15(22)20-13(7-21)10-5-11(16)14(18)12(17)6-10/h5-6,8-9,13,21H,2-4,7H2,1H3,(H2,19,20,22). The van der Waals surface area contributed by atoms with E-state index < -0.39 is 36.1 Å². The summed E-state index contributed by atoms with van der Waals surface area (Å²) in [6, 6.07) is -0.0549. The Balaban J connectivity index is 2.00. The van der Waals surface area contributed by atoms with Crippen molar-refractivity contribution in [2.45, 2.75) is 38.3 Å². The highest BCUT2D eigenvalue weighted by Crippen LogP contribution is 2.29. The lowest BCUT2D eigenvalue weighted by atomic mass is 9.80. The number of halogens is 3. The topological polar surface area (TPSA) is 61.4 Å². The van der Waals surface area contributed by atoms with Crippen molar-refractivity contribution in [3.05, 3.63) is 35.1 Å². The van der Waals surface area contributed by atoms with E-state index in [1.807, 2.05) is 6.92 Å². The van der Waals surface area contributed by atoms with Crippen LogP contribution in [0.3, 0.4) is 0 Å². The molecule has 4 nitrogen and oxygen atoms in total. The number of hydrogen-bond acceptors (Lipinski definition) is 2. The number of nitrogens with one attached hydrogen (secondary N) is 2. The molecule has 0 heterocycles. The Kier molecular flexibility index (Phi) is 5.28. The number of amides is 2. The second-order valence-electron chi connectivity index (χ2n) is 5.63. The second kappa shape index (κ2) is 7.00. The van der Waals surface area contributed by atoms with Crippen molar-refractivity contribution in [3.63, 3.8) is 0 Å². The Bertz CT molecular complexity index is 527. The van der Waals surface area contributed by atoms with E-state index in [0.717, 1.165) is 31.4 Å². The smallest absolute Gasteiger partial charge is 0.315 e. The summed E-state index contributed by atoms with van der Waals surface area (Å²) in [7, 11) is 0. The minimum Gasteiger partial charge on any atom is -0.394 e. The van der Waals surface area contributed by atoms with Gasteiger partial charge in [-0.3, -0.25) is 0 Å². The molecule has 3 N–H and O–H groups in total. The Morgan fingerprint density at radius 3 is 2.32 bits per heavy atom. The van der Waals surface area contributed by atoms with E-state index in [-0.39, 0.29) is 11.6 Å². The van der Waals surface area contributed by atoms with Gasteiger partial charge in [-0.05, 0) is 43.4 Å². The molecule has 1 aromatic rings. The summed E-state index contributed by atoms with van der Waals surface area (Å²) < 4.78 is 39.4. The molecule has 2 unspecified atom stereocenters. The number of carbonyl (C=O) groups is 1. The van der Waals surface area contributed by atoms with E-state index in [4.69, 9.17) is 0 Å². The number of rotatable bonds is 5.